The van der Waals surface area contributed by atoms with E-state index in [1.54, 1.807) is 60.7 Å². The number of ether oxygens (including phenoxy) is 1. The molecule has 1 saturated carbocycles. The number of benzene rings is 3. The first-order valence-electron chi connectivity index (χ1n) is 15.6. The molecule has 0 bridgehead atoms. The van der Waals surface area contributed by atoms with Crippen LogP contribution in [0.25, 0.3) is 0 Å². The van der Waals surface area contributed by atoms with Crippen LogP contribution in [0.2, 0.25) is 0 Å². The average molecular weight is 633 g/mol. The van der Waals surface area contributed by atoms with Gasteiger partial charge in [0, 0.05) is 22.6 Å². The summed E-state index contributed by atoms with van der Waals surface area (Å²) in [7, 11) is 1.49. The van der Waals surface area contributed by atoms with Crippen molar-refractivity contribution in [3.63, 3.8) is 0 Å². The number of allylic oxidation sites excluding steroid dienone is 2. The first-order valence-corrected chi connectivity index (χ1v) is 15.6. The van der Waals surface area contributed by atoms with Crippen molar-refractivity contribution in [3.8, 4) is 11.5 Å². The van der Waals surface area contributed by atoms with Crippen LogP contribution < -0.4 is 14.5 Å². The molecular formula is C37H32N2O8. The normalized spacial score (nSPS) is 26.5. The lowest BCUT2D eigenvalue weighted by molar-refractivity contribution is -0.126. The van der Waals surface area contributed by atoms with Crippen molar-refractivity contribution in [1.29, 1.82) is 0 Å². The van der Waals surface area contributed by atoms with Gasteiger partial charge >= 0.3 is 0 Å². The Morgan fingerprint density at radius 2 is 1.23 bits per heavy atom. The molecule has 3 aromatic rings. The predicted molar refractivity (Wildman–Crippen MR) is 170 cm³/mol. The van der Waals surface area contributed by atoms with Gasteiger partial charge in [0.1, 0.15) is 11.5 Å². The van der Waals surface area contributed by atoms with Crippen molar-refractivity contribution in [3.05, 3.63) is 95.1 Å². The number of aromatic hydroxyl groups is 1. The van der Waals surface area contributed by atoms with Crippen LogP contribution >= 0.6 is 0 Å². The van der Waals surface area contributed by atoms with Gasteiger partial charge in [-0.05, 0) is 99.3 Å². The van der Waals surface area contributed by atoms with E-state index in [2.05, 4.69) is 0 Å². The van der Waals surface area contributed by atoms with E-state index in [0.29, 0.717) is 33.8 Å². The second kappa shape index (κ2) is 11.2. The molecule has 10 heteroatoms. The van der Waals surface area contributed by atoms with E-state index in [4.69, 9.17) is 4.74 Å². The van der Waals surface area contributed by atoms with Crippen LogP contribution in [0.5, 0.6) is 11.5 Å². The summed E-state index contributed by atoms with van der Waals surface area (Å²) in [5, 5.41) is 11.2. The lowest BCUT2D eigenvalue weighted by Crippen LogP contribution is -2.43. The molecule has 4 amide bonds. The van der Waals surface area contributed by atoms with Crippen LogP contribution in [0, 0.1) is 29.6 Å². The van der Waals surface area contributed by atoms with E-state index in [1.807, 2.05) is 6.08 Å². The van der Waals surface area contributed by atoms with E-state index in [0.717, 1.165) is 10.5 Å². The fourth-order valence-electron chi connectivity index (χ4n) is 8.04. The van der Waals surface area contributed by atoms with Gasteiger partial charge in [-0.1, -0.05) is 11.6 Å². The van der Waals surface area contributed by atoms with Crippen molar-refractivity contribution in [2.75, 3.05) is 16.9 Å². The molecule has 7 rings (SSSR count). The Labute approximate surface area is 270 Å². The maximum Gasteiger partial charge on any atom is 0.238 e. The molecule has 2 aliphatic carbocycles. The topological polar surface area (TPSA) is 138 Å². The highest BCUT2D eigenvalue weighted by atomic mass is 16.5. The van der Waals surface area contributed by atoms with Gasteiger partial charge in [0.2, 0.25) is 23.6 Å². The molecule has 2 saturated heterocycles. The third-order valence-corrected chi connectivity index (χ3v) is 10.3. The van der Waals surface area contributed by atoms with Crippen LogP contribution in [-0.4, -0.2) is 47.4 Å². The number of phenols is 1. The maximum absolute atomic E-state index is 14.3. The van der Waals surface area contributed by atoms with Crippen molar-refractivity contribution in [2.45, 2.75) is 32.6 Å². The SMILES string of the molecule is COc1ccc(O)c(C2C3=CCC4C(=O)N(c5ccc(C(C)=O)cc5)C(=O)C4C3CC3C(=O)N(c4ccc(C(C)=O)cc4)C(=O)C32)c1. The summed E-state index contributed by atoms with van der Waals surface area (Å²) in [5.74, 6) is -6.02. The minimum Gasteiger partial charge on any atom is -0.508 e. The Balaban J connectivity index is 1.32. The number of anilines is 2. The molecule has 10 nitrogen and oxygen atoms in total. The van der Waals surface area contributed by atoms with Gasteiger partial charge in [-0.25, -0.2) is 0 Å². The molecule has 2 aliphatic heterocycles. The van der Waals surface area contributed by atoms with E-state index in [9.17, 15) is 33.9 Å². The van der Waals surface area contributed by atoms with E-state index < -0.39 is 53.2 Å². The number of hydrogen-bond acceptors (Lipinski definition) is 8. The van der Waals surface area contributed by atoms with Crippen molar-refractivity contribution >= 4 is 46.6 Å². The van der Waals surface area contributed by atoms with Gasteiger partial charge in [0.05, 0.1) is 42.2 Å². The van der Waals surface area contributed by atoms with E-state index >= 15 is 0 Å². The Bertz CT molecular complexity index is 1910. The molecular weight excluding hydrogens is 600 g/mol. The number of amides is 4. The molecule has 2 heterocycles. The fourth-order valence-corrected chi connectivity index (χ4v) is 8.04. The number of hydrogen-bond donors (Lipinski definition) is 1. The first-order chi connectivity index (χ1) is 22.5. The largest absolute Gasteiger partial charge is 0.508 e. The Morgan fingerprint density at radius 1 is 0.702 bits per heavy atom. The van der Waals surface area contributed by atoms with Crippen LogP contribution in [0.15, 0.2) is 78.4 Å². The van der Waals surface area contributed by atoms with Gasteiger partial charge in [-0.15, -0.1) is 0 Å². The monoisotopic (exact) mass is 632 g/mol. The van der Waals surface area contributed by atoms with Gasteiger partial charge in [-0.3, -0.25) is 38.6 Å². The predicted octanol–water partition coefficient (Wildman–Crippen LogP) is 4.85. The number of imide groups is 2. The molecule has 6 unspecified atom stereocenters. The summed E-state index contributed by atoms with van der Waals surface area (Å²) >= 11 is 0. The average Bonchev–Trinajstić information content (AvgIpc) is 3.47. The molecule has 4 aliphatic rings. The lowest BCUT2D eigenvalue weighted by Gasteiger charge is -2.44. The highest BCUT2D eigenvalue weighted by molar-refractivity contribution is 6.24. The van der Waals surface area contributed by atoms with Crippen LogP contribution in [0.1, 0.15) is 58.9 Å². The number of fused-ring (bicyclic) bond motifs is 4. The van der Waals surface area contributed by atoms with Crippen LogP contribution in [-0.2, 0) is 19.2 Å². The number of carbonyl (C=O) groups is 6. The summed E-state index contributed by atoms with van der Waals surface area (Å²) < 4.78 is 5.46. The van der Waals surface area contributed by atoms with Gasteiger partial charge in [0.25, 0.3) is 0 Å². The summed E-state index contributed by atoms with van der Waals surface area (Å²) in [6.45, 7) is 2.87. The Hall–Kier alpha value is -5.38. The number of methoxy groups -OCH3 is 1. The van der Waals surface area contributed by atoms with Gasteiger partial charge < -0.3 is 9.84 Å². The number of ketones is 2. The molecule has 0 aromatic heterocycles. The van der Waals surface area contributed by atoms with Crippen LogP contribution in [0.3, 0.4) is 0 Å². The number of rotatable bonds is 6. The number of phenolic OH excluding ortho intramolecular Hbond substituents is 1. The third kappa shape index (κ3) is 4.61. The zero-order chi connectivity index (χ0) is 33.3. The van der Waals surface area contributed by atoms with Gasteiger partial charge in [0.15, 0.2) is 11.6 Å². The summed E-state index contributed by atoms with van der Waals surface area (Å²) in [6.07, 6.45) is 2.32. The number of nitrogens with zero attached hydrogens (tertiary/aromatic N) is 2. The molecule has 3 fully saturated rings. The second-order valence-corrected chi connectivity index (χ2v) is 12.7. The highest BCUT2D eigenvalue weighted by Gasteiger charge is 2.62. The zero-order valence-corrected chi connectivity index (χ0v) is 26.0. The van der Waals surface area contributed by atoms with E-state index in [1.165, 1.54) is 31.9 Å². The molecule has 0 spiro atoms. The standard InChI is InChI=1S/C37H32N2O8/c1-18(40)20-4-8-22(9-5-20)38-34(43)26-14-13-25-27(32(26)36(38)45)17-29-33(31(25)28-16-24(47-3)12-15-30(28)42)37(46)39(35(29)44)23-10-6-21(7-11-23)19(2)41/h4-13,15-16,26-27,29,31-33,42H,14,17H2,1-3H3. The maximum atomic E-state index is 14.3. The first kappa shape index (κ1) is 30.3. The Morgan fingerprint density at radius 3 is 1.77 bits per heavy atom. The highest BCUT2D eigenvalue weighted by Crippen LogP contribution is 2.59. The number of Topliss-reactive ketones (excluding diaryl/α,β-unsaturated/α-hetero) is 2. The molecule has 238 valence electrons. The van der Waals surface area contributed by atoms with Crippen LogP contribution in [0.4, 0.5) is 11.4 Å². The minimum absolute atomic E-state index is 0.0799. The number of carbonyl (C=O) groups excluding carboxylic acids is 6. The second-order valence-electron chi connectivity index (χ2n) is 12.7. The fraction of sp³-hybridized carbons (Fsp3) is 0.297. The van der Waals surface area contributed by atoms with Crippen molar-refractivity contribution in [2.24, 2.45) is 29.6 Å². The lowest BCUT2D eigenvalue weighted by atomic mass is 9.57. The summed E-state index contributed by atoms with van der Waals surface area (Å²) in [4.78, 5) is 82.5. The van der Waals surface area contributed by atoms with Crippen molar-refractivity contribution < 1.29 is 38.6 Å². The molecule has 0 radical (unpaired) electrons. The molecule has 6 atom stereocenters. The Kier molecular flexibility index (Phi) is 7.18. The third-order valence-electron chi connectivity index (χ3n) is 10.3. The van der Waals surface area contributed by atoms with Crippen molar-refractivity contribution in [1.82, 2.24) is 0 Å². The van der Waals surface area contributed by atoms with Gasteiger partial charge in [-0.2, -0.15) is 0 Å². The van der Waals surface area contributed by atoms with E-state index in [-0.39, 0.29) is 36.1 Å². The quantitative estimate of drug-likeness (QED) is 0.231. The molecule has 3 aromatic carbocycles. The summed E-state index contributed by atoms with van der Waals surface area (Å²) in [5.41, 5.74) is 2.73. The molecule has 1 N–H and O–H groups in total. The summed E-state index contributed by atoms with van der Waals surface area (Å²) in [6, 6.07) is 17.3. The molecule has 47 heavy (non-hydrogen) atoms. The smallest absolute Gasteiger partial charge is 0.238 e. The minimum atomic E-state index is -0.880. The zero-order valence-electron chi connectivity index (χ0n) is 26.0.